The summed E-state index contributed by atoms with van der Waals surface area (Å²) in [5.41, 5.74) is 2.03. The minimum absolute atomic E-state index is 0.118. The highest BCUT2D eigenvalue weighted by molar-refractivity contribution is 5.94. The van der Waals surface area contributed by atoms with Crippen LogP contribution in [-0.2, 0) is 9.53 Å². The first-order chi connectivity index (χ1) is 10.2. The van der Waals surface area contributed by atoms with Gasteiger partial charge in [-0.15, -0.1) is 6.58 Å². The second kappa shape index (κ2) is 7.84. The highest BCUT2D eigenvalue weighted by Crippen LogP contribution is 2.22. The topological polar surface area (TPSA) is 41.6 Å². The van der Waals surface area contributed by atoms with Crippen LogP contribution >= 0.6 is 0 Å². The second-order valence-electron chi connectivity index (χ2n) is 5.32. The molecule has 114 valence electrons. The third-order valence-electron chi connectivity index (χ3n) is 3.67. The standard InChI is InChI=1S/C17H24N2O2/c1-3-4-13-21-14(2)17(20)18-15-7-9-16(10-8-15)19-11-5-6-12-19/h3,7-10,14H,1,4-6,11-13H2,2H3,(H,18,20). The van der Waals surface area contributed by atoms with E-state index < -0.39 is 6.10 Å². The lowest BCUT2D eigenvalue weighted by molar-refractivity contribution is -0.126. The van der Waals surface area contributed by atoms with Gasteiger partial charge in [-0.1, -0.05) is 6.08 Å². The molecule has 1 saturated heterocycles. The van der Waals surface area contributed by atoms with Crippen LogP contribution in [0.15, 0.2) is 36.9 Å². The Morgan fingerprint density at radius 2 is 2.05 bits per heavy atom. The van der Waals surface area contributed by atoms with E-state index in [1.807, 2.05) is 12.1 Å². The summed E-state index contributed by atoms with van der Waals surface area (Å²) in [5, 5.41) is 2.88. The van der Waals surface area contributed by atoms with Gasteiger partial charge in [-0.3, -0.25) is 4.79 Å². The minimum atomic E-state index is -0.455. The summed E-state index contributed by atoms with van der Waals surface area (Å²) in [7, 11) is 0. The van der Waals surface area contributed by atoms with Crippen LogP contribution in [-0.4, -0.2) is 31.7 Å². The van der Waals surface area contributed by atoms with Gasteiger partial charge in [-0.2, -0.15) is 0 Å². The predicted molar refractivity (Wildman–Crippen MR) is 86.7 cm³/mol. The normalized spacial score (nSPS) is 15.8. The molecular weight excluding hydrogens is 264 g/mol. The Balaban J connectivity index is 1.84. The van der Waals surface area contributed by atoms with Crippen LogP contribution in [0.2, 0.25) is 0 Å². The molecule has 21 heavy (non-hydrogen) atoms. The molecule has 0 bridgehead atoms. The van der Waals surface area contributed by atoms with Gasteiger partial charge in [0.2, 0.25) is 0 Å². The summed E-state index contributed by atoms with van der Waals surface area (Å²) >= 11 is 0. The summed E-state index contributed by atoms with van der Waals surface area (Å²) in [6.45, 7) is 8.16. The Morgan fingerprint density at radius 1 is 1.38 bits per heavy atom. The number of anilines is 2. The van der Waals surface area contributed by atoms with Gasteiger partial charge in [-0.25, -0.2) is 0 Å². The van der Waals surface area contributed by atoms with Gasteiger partial charge in [0.05, 0.1) is 6.61 Å². The number of rotatable bonds is 7. The van der Waals surface area contributed by atoms with Gasteiger partial charge >= 0.3 is 0 Å². The summed E-state index contributed by atoms with van der Waals surface area (Å²) < 4.78 is 5.43. The van der Waals surface area contributed by atoms with Gasteiger partial charge in [0.1, 0.15) is 6.10 Å². The molecule has 1 unspecified atom stereocenters. The number of benzene rings is 1. The number of nitrogens with one attached hydrogen (secondary N) is 1. The molecule has 0 saturated carbocycles. The number of carbonyl (C=O) groups is 1. The maximum atomic E-state index is 12.0. The average molecular weight is 288 g/mol. The monoisotopic (exact) mass is 288 g/mol. The van der Waals surface area contributed by atoms with Crippen molar-refractivity contribution in [3.63, 3.8) is 0 Å². The molecular formula is C17H24N2O2. The number of hydrogen-bond donors (Lipinski definition) is 1. The summed E-state index contributed by atoms with van der Waals surface area (Å²) in [6, 6.07) is 8.01. The van der Waals surface area contributed by atoms with Crippen LogP contribution in [0.1, 0.15) is 26.2 Å². The summed E-state index contributed by atoms with van der Waals surface area (Å²) in [6.07, 6.45) is 4.60. The lowest BCUT2D eigenvalue weighted by Gasteiger charge is -2.18. The minimum Gasteiger partial charge on any atom is -0.372 e. The molecule has 1 aromatic carbocycles. The molecule has 1 atom stereocenters. The fraction of sp³-hybridized carbons (Fsp3) is 0.471. The van der Waals surface area contributed by atoms with E-state index in [9.17, 15) is 4.79 Å². The van der Waals surface area contributed by atoms with Crippen LogP contribution in [0.25, 0.3) is 0 Å². The zero-order chi connectivity index (χ0) is 15.1. The Hall–Kier alpha value is -1.81. The van der Waals surface area contributed by atoms with E-state index >= 15 is 0 Å². The van der Waals surface area contributed by atoms with Gasteiger partial charge in [-0.05, 0) is 50.5 Å². The molecule has 0 radical (unpaired) electrons. The largest absolute Gasteiger partial charge is 0.372 e. The molecule has 0 spiro atoms. The van der Waals surface area contributed by atoms with Crippen LogP contribution in [0.3, 0.4) is 0 Å². The smallest absolute Gasteiger partial charge is 0.253 e. The van der Waals surface area contributed by atoms with Crippen molar-refractivity contribution < 1.29 is 9.53 Å². The molecule has 0 aromatic heterocycles. The molecule has 1 aromatic rings. The van der Waals surface area contributed by atoms with Crippen molar-refractivity contribution in [2.75, 3.05) is 29.9 Å². The highest BCUT2D eigenvalue weighted by atomic mass is 16.5. The van der Waals surface area contributed by atoms with E-state index in [0.717, 1.165) is 25.2 Å². The van der Waals surface area contributed by atoms with Crippen molar-refractivity contribution in [2.45, 2.75) is 32.3 Å². The van der Waals surface area contributed by atoms with Crippen molar-refractivity contribution in [2.24, 2.45) is 0 Å². The van der Waals surface area contributed by atoms with Crippen molar-refractivity contribution in [3.05, 3.63) is 36.9 Å². The molecule has 2 rings (SSSR count). The van der Waals surface area contributed by atoms with Gasteiger partial charge in [0, 0.05) is 24.5 Å². The Labute approximate surface area is 126 Å². The van der Waals surface area contributed by atoms with E-state index in [1.165, 1.54) is 18.5 Å². The first-order valence-corrected chi connectivity index (χ1v) is 7.59. The van der Waals surface area contributed by atoms with Crippen LogP contribution in [0.5, 0.6) is 0 Å². The lowest BCUT2D eigenvalue weighted by atomic mass is 10.2. The molecule has 1 heterocycles. The van der Waals surface area contributed by atoms with Crippen molar-refractivity contribution >= 4 is 17.3 Å². The molecule has 1 aliphatic rings. The molecule has 1 amide bonds. The van der Waals surface area contributed by atoms with Gasteiger partial charge in [0.25, 0.3) is 5.91 Å². The lowest BCUT2D eigenvalue weighted by Crippen LogP contribution is -2.28. The van der Waals surface area contributed by atoms with Crippen LogP contribution < -0.4 is 10.2 Å². The van der Waals surface area contributed by atoms with Crippen molar-refractivity contribution in [1.29, 1.82) is 0 Å². The quantitative estimate of drug-likeness (QED) is 0.619. The first kappa shape index (κ1) is 15.6. The maximum absolute atomic E-state index is 12.0. The average Bonchev–Trinajstić information content (AvgIpc) is 3.02. The predicted octanol–water partition coefficient (Wildman–Crippen LogP) is 3.21. The summed E-state index contributed by atoms with van der Waals surface area (Å²) in [5.74, 6) is -0.118. The maximum Gasteiger partial charge on any atom is 0.253 e. The number of carbonyl (C=O) groups excluding carboxylic acids is 1. The Bertz CT molecular complexity index is 464. The van der Waals surface area contributed by atoms with Crippen molar-refractivity contribution in [3.8, 4) is 0 Å². The highest BCUT2D eigenvalue weighted by Gasteiger charge is 2.14. The van der Waals surface area contributed by atoms with E-state index in [4.69, 9.17) is 4.74 Å². The molecule has 1 N–H and O–H groups in total. The number of ether oxygens (including phenoxy) is 1. The summed E-state index contributed by atoms with van der Waals surface area (Å²) in [4.78, 5) is 14.3. The van der Waals surface area contributed by atoms with Gasteiger partial charge < -0.3 is 15.0 Å². The number of hydrogen-bond acceptors (Lipinski definition) is 3. The first-order valence-electron chi connectivity index (χ1n) is 7.59. The Kier molecular flexibility index (Phi) is 5.81. The molecule has 1 aliphatic heterocycles. The van der Waals surface area contributed by atoms with Crippen LogP contribution in [0.4, 0.5) is 11.4 Å². The van der Waals surface area contributed by atoms with Crippen molar-refractivity contribution in [1.82, 2.24) is 0 Å². The molecule has 4 nitrogen and oxygen atoms in total. The van der Waals surface area contributed by atoms with Gasteiger partial charge in [0.15, 0.2) is 0 Å². The fourth-order valence-corrected chi connectivity index (χ4v) is 2.38. The molecule has 1 fully saturated rings. The van der Waals surface area contributed by atoms with E-state index in [2.05, 4.69) is 28.9 Å². The zero-order valence-corrected chi connectivity index (χ0v) is 12.7. The second-order valence-corrected chi connectivity index (χ2v) is 5.32. The van der Waals surface area contributed by atoms with E-state index in [1.54, 1.807) is 13.0 Å². The third kappa shape index (κ3) is 4.60. The fourth-order valence-electron chi connectivity index (χ4n) is 2.38. The van der Waals surface area contributed by atoms with Crippen LogP contribution in [0, 0.1) is 0 Å². The molecule has 4 heteroatoms. The van der Waals surface area contributed by atoms with E-state index in [-0.39, 0.29) is 5.91 Å². The third-order valence-corrected chi connectivity index (χ3v) is 3.67. The van der Waals surface area contributed by atoms with E-state index in [0.29, 0.717) is 6.61 Å². The SMILES string of the molecule is C=CCCOC(C)C(=O)Nc1ccc(N2CCCC2)cc1. The number of amides is 1. The zero-order valence-electron chi connectivity index (χ0n) is 12.7. The molecule has 0 aliphatic carbocycles. The Morgan fingerprint density at radius 3 is 2.67 bits per heavy atom. The number of nitrogens with zero attached hydrogens (tertiary/aromatic N) is 1.